The van der Waals surface area contributed by atoms with Crippen molar-refractivity contribution in [2.45, 2.75) is 4.90 Å². The van der Waals surface area contributed by atoms with Gasteiger partial charge in [0, 0.05) is 0 Å². The van der Waals surface area contributed by atoms with E-state index in [0.29, 0.717) is 17.1 Å². The molecule has 9 heteroatoms. The molecule has 0 saturated carbocycles. The number of rotatable bonds is 7. The minimum atomic E-state index is -3.94. The predicted molar refractivity (Wildman–Crippen MR) is 88.1 cm³/mol. The lowest BCUT2D eigenvalue weighted by Crippen LogP contribution is -2.43. The zero-order valence-electron chi connectivity index (χ0n) is 13.2. The largest absolute Gasteiger partial charge is 0.497 e. The zero-order chi connectivity index (χ0) is 18.3. The molecule has 0 aliphatic rings. The van der Waals surface area contributed by atoms with E-state index in [1.54, 1.807) is 24.3 Å². The van der Waals surface area contributed by atoms with Crippen molar-refractivity contribution in [3.05, 3.63) is 54.1 Å². The van der Waals surface area contributed by atoms with Crippen LogP contribution in [0.2, 0.25) is 0 Å². The van der Waals surface area contributed by atoms with Crippen molar-refractivity contribution >= 4 is 15.9 Å². The van der Waals surface area contributed by atoms with E-state index >= 15 is 0 Å². The Hall–Kier alpha value is -3.09. The Kier molecular flexibility index (Phi) is 5.94. The molecular formula is C16H15N3O5S. The van der Waals surface area contributed by atoms with Gasteiger partial charge < -0.3 is 9.47 Å². The van der Waals surface area contributed by atoms with Gasteiger partial charge in [-0.3, -0.25) is 10.2 Å². The van der Waals surface area contributed by atoms with Gasteiger partial charge in [0.2, 0.25) is 0 Å². The van der Waals surface area contributed by atoms with Crippen LogP contribution in [-0.2, 0) is 14.8 Å². The third kappa shape index (κ3) is 5.20. The maximum absolute atomic E-state index is 12.0. The summed E-state index contributed by atoms with van der Waals surface area (Å²) in [5, 5.41) is 8.70. The first-order chi connectivity index (χ1) is 11.9. The molecule has 0 aliphatic heterocycles. The van der Waals surface area contributed by atoms with Crippen LogP contribution in [0, 0.1) is 11.3 Å². The van der Waals surface area contributed by atoms with Crippen LogP contribution in [0.5, 0.6) is 11.5 Å². The summed E-state index contributed by atoms with van der Waals surface area (Å²) in [6.07, 6.45) is 0. The molecule has 0 aliphatic carbocycles. The van der Waals surface area contributed by atoms with Gasteiger partial charge in [-0.05, 0) is 48.5 Å². The van der Waals surface area contributed by atoms with Crippen molar-refractivity contribution in [3.63, 3.8) is 0 Å². The van der Waals surface area contributed by atoms with Gasteiger partial charge in [-0.25, -0.2) is 8.42 Å². The summed E-state index contributed by atoms with van der Waals surface area (Å²) in [6.45, 7) is -0.373. The molecule has 0 saturated heterocycles. The van der Waals surface area contributed by atoms with E-state index < -0.39 is 15.9 Å². The Morgan fingerprint density at radius 2 is 1.68 bits per heavy atom. The fourth-order valence-corrected chi connectivity index (χ4v) is 2.61. The van der Waals surface area contributed by atoms with Gasteiger partial charge in [0.1, 0.15) is 11.5 Å². The van der Waals surface area contributed by atoms with Crippen molar-refractivity contribution in [2.75, 3.05) is 13.7 Å². The van der Waals surface area contributed by atoms with E-state index in [4.69, 9.17) is 14.7 Å². The lowest BCUT2D eigenvalue weighted by atomic mass is 10.2. The Bertz CT molecular complexity index is 871. The van der Waals surface area contributed by atoms with Crippen LogP contribution >= 0.6 is 0 Å². The number of ether oxygens (including phenoxy) is 2. The van der Waals surface area contributed by atoms with E-state index in [0.717, 1.165) is 0 Å². The summed E-state index contributed by atoms with van der Waals surface area (Å²) in [5.41, 5.74) is 2.38. The number of methoxy groups -OCH3 is 1. The number of nitriles is 1. The summed E-state index contributed by atoms with van der Waals surface area (Å²) >= 11 is 0. The van der Waals surface area contributed by atoms with E-state index in [2.05, 4.69) is 5.43 Å². The van der Waals surface area contributed by atoms with Crippen LogP contribution in [0.4, 0.5) is 0 Å². The molecule has 2 rings (SSSR count). The second-order valence-electron chi connectivity index (χ2n) is 4.75. The quantitative estimate of drug-likeness (QED) is 0.709. The van der Waals surface area contributed by atoms with Crippen molar-refractivity contribution in [1.82, 2.24) is 10.3 Å². The second kappa shape index (κ2) is 8.14. The number of carbonyl (C=O) groups excluding carboxylic acids is 1. The van der Waals surface area contributed by atoms with E-state index in [9.17, 15) is 13.2 Å². The molecule has 130 valence electrons. The summed E-state index contributed by atoms with van der Waals surface area (Å²) in [4.78, 5) is 13.6. The predicted octanol–water partition coefficient (Wildman–Crippen LogP) is 0.955. The topological polar surface area (TPSA) is 118 Å². The zero-order valence-corrected chi connectivity index (χ0v) is 14.0. The van der Waals surface area contributed by atoms with Crippen LogP contribution in [0.15, 0.2) is 53.4 Å². The molecule has 2 aromatic carbocycles. The van der Waals surface area contributed by atoms with E-state index in [-0.39, 0.29) is 11.5 Å². The Morgan fingerprint density at radius 3 is 2.24 bits per heavy atom. The van der Waals surface area contributed by atoms with Crippen LogP contribution in [0.3, 0.4) is 0 Å². The van der Waals surface area contributed by atoms with Crippen molar-refractivity contribution < 1.29 is 22.7 Å². The van der Waals surface area contributed by atoms with E-state index in [1.807, 2.05) is 10.9 Å². The molecule has 2 N–H and O–H groups in total. The molecule has 25 heavy (non-hydrogen) atoms. The first-order valence-electron chi connectivity index (χ1n) is 7.02. The molecule has 8 nitrogen and oxygen atoms in total. The average molecular weight is 361 g/mol. The highest BCUT2D eigenvalue weighted by molar-refractivity contribution is 7.89. The SMILES string of the molecule is COc1ccc(OCC(=O)NNS(=O)(=O)c2ccc(C#N)cc2)cc1. The number of carbonyl (C=O) groups is 1. The lowest BCUT2D eigenvalue weighted by molar-refractivity contribution is -0.123. The molecule has 0 fully saturated rings. The number of benzene rings is 2. The molecule has 2 aromatic rings. The van der Waals surface area contributed by atoms with Gasteiger partial charge in [0.15, 0.2) is 6.61 Å². The summed E-state index contributed by atoms with van der Waals surface area (Å²) in [6, 6.07) is 13.7. The van der Waals surface area contributed by atoms with Crippen LogP contribution in [0.1, 0.15) is 5.56 Å². The molecule has 0 spiro atoms. The maximum Gasteiger partial charge on any atom is 0.272 e. The molecule has 0 bridgehead atoms. The van der Waals surface area contributed by atoms with Gasteiger partial charge >= 0.3 is 0 Å². The van der Waals surface area contributed by atoms with Crippen LogP contribution in [-0.4, -0.2) is 28.0 Å². The Morgan fingerprint density at radius 1 is 1.08 bits per heavy atom. The normalized spacial score (nSPS) is 10.6. The number of amides is 1. The summed E-state index contributed by atoms with van der Waals surface area (Å²) in [7, 11) is -2.40. The fourth-order valence-electron chi connectivity index (χ4n) is 1.75. The Labute approximate surface area is 145 Å². The number of hydrazine groups is 1. The van der Waals surface area contributed by atoms with Crippen molar-refractivity contribution in [2.24, 2.45) is 0 Å². The molecular weight excluding hydrogens is 346 g/mol. The number of hydrogen-bond acceptors (Lipinski definition) is 6. The first kappa shape index (κ1) is 18.3. The maximum atomic E-state index is 12.0. The minimum Gasteiger partial charge on any atom is -0.497 e. The highest BCUT2D eigenvalue weighted by atomic mass is 32.2. The number of nitrogens with zero attached hydrogens (tertiary/aromatic N) is 1. The van der Waals surface area contributed by atoms with Gasteiger partial charge in [0.25, 0.3) is 15.9 Å². The lowest BCUT2D eigenvalue weighted by Gasteiger charge is -2.10. The standard InChI is InChI=1S/C16H15N3O5S/c1-23-13-4-6-14(7-5-13)24-11-16(20)18-19-25(21,22)15-8-2-12(10-17)3-9-15/h2-9,19H,11H2,1H3,(H,18,20). The summed E-state index contributed by atoms with van der Waals surface area (Å²) < 4.78 is 34.3. The molecule has 0 atom stereocenters. The summed E-state index contributed by atoms with van der Waals surface area (Å²) in [5.74, 6) is 0.408. The van der Waals surface area contributed by atoms with Crippen molar-refractivity contribution in [1.29, 1.82) is 5.26 Å². The van der Waals surface area contributed by atoms with Crippen LogP contribution < -0.4 is 19.7 Å². The third-order valence-corrected chi connectivity index (χ3v) is 4.31. The molecule has 0 heterocycles. The second-order valence-corrected chi connectivity index (χ2v) is 6.44. The Balaban J connectivity index is 1.86. The van der Waals surface area contributed by atoms with Gasteiger partial charge in [0.05, 0.1) is 23.6 Å². The van der Waals surface area contributed by atoms with Gasteiger partial charge in [-0.15, -0.1) is 4.83 Å². The highest BCUT2D eigenvalue weighted by Crippen LogP contribution is 2.16. The fraction of sp³-hybridized carbons (Fsp3) is 0.125. The van der Waals surface area contributed by atoms with Gasteiger partial charge in [-0.1, -0.05) is 0 Å². The third-order valence-electron chi connectivity index (χ3n) is 3.05. The smallest absolute Gasteiger partial charge is 0.272 e. The molecule has 0 radical (unpaired) electrons. The molecule has 0 aromatic heterocycles. The average Bonchev–Trinajstić information content (AvgIpc) is 2.65. The van der Waals surface area contributed by atoms with Crippen molar-refractivity contribution in [3.8, 4) is 17.6 Å². The van der Waals surface area contributed by atoms with Crippen LogP contribution in [0.25, 0.3) is 0 Å². The molecule has 1 amide bonds. The number of sulfonamides is 1. The molecule has 0 unspecified atom stereocenters. The number of nitrogens with one attached hydrogen (secondary N) is 2. The van der Waals surface area contributed by atoms with E-state index in [1.165, 1.54) is 31.4 Å². The number of hydrogen-bond donors (Lipinski definition) is 2. The first-order valence-corrected chi connectivity index (χ1v) is 8.50. The highest BCUT2D eigenvalue weighted by Gasteiger charge is 2.15. The monoisotopic (exact) mass is 361 g/mol. The van der Waals surface area contributed by atoms with Gasteiger partial charge in [-0.2, -0.15) is 5.26 Å². The minimum absolute atomic E-state index is 0.0807.